The molecule has 0 rings (SSSR count). The van der Waals surface area contributed by atoms with Gasteiger partial charge < -0.3 is 0 Å². The van der Waals surface area contributed by atoms with Gasteiger partial charge >= 0.3 is 0 Å². The van der Waals surface area contributed by atoms with Crippen molar-refractivity contribution in [2.45, 2.75) is 39.0 Å². The normalized spacial score (nSPS) is 10.6. The van der Waals surface area contributed by atoms with Gasteiger partial charge in [0.15, 0.2) is 0 Å². The minimum absolute atomic E-state index is 1.09. The van der Waals surface area contributed by atoms with Crippen LogP contribution in [0.3, 0.4) is 0 Å². The fourth-order valence-corrected chi connectivity index (χ4v) is 0.928. The zero-order chi connectivity index (χ0) is 8.36. The van der Waals surface area contributed by atoms with Gasteiger partial charge in [-0.2, -0.15) is 0 Å². The van der Waals surface area contributed by atoms with E-state index in [0.717, 1.165) is 6.42 Å². The highest BCUT2D eigenvalue weighted by molar-refractivity contribution is 4.98. The highest BCUT2D eigenvalue weighted by atomic mass is 13.9. The van der Waals surface area contributed by atoms with Crippen LogP contribution in [0.15, 0.2) is 24.8 Å². The molecule has 1 radical (unpaired) electrons. The molecule has 0 heteroatoms. The van der Waals surface area contributed by atoms with Gasteiger partial charge in [-0.3, -0.25) is 0 Å². The minimum Gasteiger partial charge on any atom is -0.0991 e. The first-order valence-electron chi connectivity index (χ1n) is 4.51. The first kappa shape index (κ1) is 10.5. The van der Waals surface area contributed by atoms with Crippen LogP contribution in [0.4, 0.5) is 0 Å². The van der Waals surface area contributed by atoms with Crippen molar-refractivity contribution in [2.75, 3.05) is 0 Å². The average molecular weight is 151 g/mol. The highest BCUT2D eigenvalue weighted by Gasteiger charge is 1.85. The summed E-state index contributed by atoms with van der Waals surface area (Å²) in [5, 5.41) is 0. The van der Waals surface area contributed by atoms with Crippen LogP contribution in [-0.4, -0.2) is 0 Å². The van der Waals surface area contributed by atoms with Gasteiger partial charge in [-0.05, 0) is 19.3 Å². The Labute approximate surface area is 71.0 Å². The molecular weight excluding hydrogens is 132 g/mol. The lowest BCUT2D eigenvalue weighted by Crippen LogP contribution is -1.76. The topological polar surface area (TPSA) is 0 Å². The maximum Gasteiger partial charge on any atom is -0.0316 e. The molecule has 0 atom stereocenters. The summed E-state index contributed by atoms with van der Waals surface area (Å²) in [4.78, 5) is 0. The summed E-state index contributed by atoms with van der Waals surface area (Å²) in [5.74, 6) is 0. The molecule has 0 saturated carbocycles. The summed E-state index contributed by atoms with van der Waals surface area (Å²) < 4.78 is 0. The van der Waals surface area contributed by atoms with Gasteiger partial charge in [-0.15, -0.1) is 0 Å². The molecule has 0 amide bonds. The number of hydrogen-bond acceptors (Lipinski definition) is 0. The van der Waals surface area contributed by atoms with Gasteiger partial charge in [0.05, 0.1) is 0 Å². The zero-order valence-corrected chi connectivity index (χ0v) is 7.55. The molecule has 0 unspecified atom stereocenters. The van der Waals surface area contributed by atoms with Gasteiger partial charge in [0.2, 0.25) is 0 Å². The second-order valence-corrected chi connectivity index (χ2v) is 2.68. The molecule has 0 aromatic carbocycles. The van der Waals surface area contributed by atoms with E-state index in [-0.39, 0.29) is 0 Å². The van der Waals surface area contributed by atoms with Crippen LogP contribution in [0, 0.1) is 6.42 Å². The Morgan fingerprint density at radius 2 is 2.09 bits per heavy atom. The monoisotopic (exact) mass is 151 g/mol. The van der Waals surface area contributed by atoms with Gasteiger partial charge in [0.1, 0.15) is 0 Å². The molecule has 0 fully saturated rings. The molecule has 0 saturated heterocycles. The average Bonchev–Trinajstić information content (AvgIpc) is 2.03. The molecule has 0 aliphatic carbocycles. The van der Waals surface area contributed by atoms with E-state index >= 15 is 0 Å². The smallest absolute Gasteiger partial charge is 0.0316 e. The van der Waals surface area contributed by atoms with Crippen molar-refractivity contribution in [3.63, 3.8) is 0 Å². The van der Waals surface area contributed by atoms with Crippen molar-refractivity contribution in [1.29, 1.82) is 0 Å². The third-order valence-electron chi connectivity index (χ3n) is 1.59. The molecule has 0 heterocycles. The summed E-state index contributed by atoms with van der Waals surface area (Å²) in [7, 11) is 0. The fourth-order valence-electron chi connectivity index (χ4n) is 0.928. The van der Waals surface area contributed by atoms with E-state index < -0.39 is 0 Å². The number of hydrogen-bond donors (Lipinski definition) is 0. The first-order chi connectivity index (χ1) is 5.41. The zero-order valence-electron chi connectivity index (χ0n) is 7.55. The van der Waals surface area contributed by atoms with Crippen molar-refractivity contribution in [3.05, 3.63) is 31.2 Å². The Kier molecular flexibility index (Phi) is 9.03. The molecular formula is C11H19. The molecule has 0 aliphatic heterocycles. The minimum atomic E-state index is 1.09. The molecule has 0 aromatic rings. The molecule has 63 valence electrons. The van der Waals surface area contributed by atoms with Crippen molar-refractivity contribution in [2.24, 2.45) is 0 Å². The number of rotatable bonds is 7. The number of allylic oxidation sites excluding steroid dienone is 3. The van der Waals surface area contributed by atoms with Crippen molar-refractivity contribution in [1.82, 2.24) is 0 Å². The SMILES string of the molecule is C=CC=CC[CH]CCCCC. The summed E-state index contributed by atoms with van der Waals surface area (Å²) in [6.07, 6.45) is 14.7. The lowest BCUT2D eigenvalue weighted by molar-refractivity contribution is 0.704. The number of unbranched alkanes of at least 4 members (excludes halogenated alkanes) is 5. The van der Waals surface area contributed by atoms with Crippen LogP contribution < -0.4 is 0 Å². The molecule has 0 bridgehead atoms. The lowest BCUT2D eigenvalue weighted by Gasteiger charge is -1.94. The Morgan fingerprint density at radius 3 is 2.73 bits per heavy atom. The molecule has 0 spiro atoms. The standard InChI is InChI=1S/C11H19/c1-3-5-7-9-11-10-8-6-4-2/h3,5,7,11H,1,4,6,8-10H2,2H3. The second-order valence-electron chi connectivity index (χ2n) is 2.68. The summed E-state index contributed by atoms with van der Waals surface area (Å²) in [5.41, 5.74) is 0. The maximum absolute atomic E-state index is 3.61. The van der Waals surface area contributed by atoms with Crippen LogP contribution in [0.2, 0.25) is 0 Å². The van der Waals surface area contributed by atoms with Crippen LogP contribution in [-0.2, 0) is 0 Å². The highest BCUT2D eigenvalue weighted by Crippen LogP contribution is 2.03. The lowest BCUT2D eigenvalue weighted by atomic mass is 10.1. The Morgan fingerprint density at radius 1 is 1.27 bits per heavy atom. The van der Waals surface area contributed by atoms with Crippen molar-refractivity contribution >= 4 is 0 Å². The van der Waals surface area contributed by atoms with E-state index in [1.165, 1.54) is 25.7 Å². The van der Waals surface area contributed by atoms with Crippen LogP contribution in [0.1, 0.15) is 39.0 Å². The Hall–Kier alpha value is -0.520. The summed E-state index contributed by atoms with van der Waals surface area (Å²) in [6.45, 7) is 5.84. The van der Waals surface area contributed by atoms with E-state index in [2.05, 4.69) is 26.0 Å². The molecule has 0 aliphatic rings. The van der Waals surface area contributed by atoms with Crippen molar-refractivity contribution < 1.29 is 0 Å². The van der Waals surface area contributed by atoms with E-state index in [4.69, 9.17) is 0 Å². The van der Waals surface area contributed by atoms with E-state index in [9.17, 15) is 0 Å². The molecule has 0 N–H and O–H groups in total. The molecule has 0 nitrogen and oxygen atoms in total. The molecule has 0 aromatic heterocycles. The van der Waals surface area contributed by atoms with Crippen LogP contribution in [0.25, 0.3) is 0 Å². The third kappa shape index (κ3) is 9.48. The van der Waals surface area contributed by atoms with Gasteiger partial charge in [0.25, 0.3) is 0 Å². The van der Waals surface area contributed by atoms with Gasteiger partial charge in [-0.25, -0.2) is 0 Å². The Bertz CT molecular complexity index is 101. The van der Waals surface area contributed by atoms with Gasteiger partial charge in [-0.1, -0.05) is 51.0 Å². The Balaban J connectivity index is 2.90. The largest absolute Gasteiger partial charge is 0.0991 e. The third-order valence-corrected chi connectivity index (χ3v) is 1.59. The van der Waals surface area contributed by atoms with E-state index in [1.807, 2.05) is 12.2 Å². The second kappa shape index (κ2) is 9.48. The molecule has 11 heavy (non-hydrogen) atoms. The maximum atomic E-state index is 3.61. The van der Waals surface area contributed by atoms with Gasteiger partial charge in [0, 0.05) is 0 Å². The summed E-state index contributed by atoms with van der Waals surface area (Å²) >= 11 is 0. The fraction of sp³-hybridized carbons (Fsp3) is 0.545. The first-order valence-corrected chi connectivity index (χ1v) is 4.51. The summed E-state index contributed by atoms with van der Waals surface area (Å²) in [6, 6.07) is 0. The van der Waals surface area contributed by atoms with E-state index in [0.29, 0.717) is 0 Å². The van der Waals surface area contributed by atoms with Crippen LogP contribution in [0.5, 0.6) is 0 Å². The predicted octanol–water partition coefficient (Wildman–Crippen LogP) is 3.90. The van der Waals surface area contributed by atoms with E-state index in [1.54, 1.807) is 0 Å². The quantitative estimate of drug-likeness (QED) is 0.382. The van der Waals surface area contributed by atoms with Crippen molar-refractivity contribution in [3.8, 4) is 0 Å². The predicted molar refractivity (Wildman–Crippen MR) is 52.4 cm³/mol. The van der Waals surface area contributed by atoms with Crippen LogP contribution >= 0.6 is 0 Å².